The Morgan fingerprint density at radius 3 is 2.41 bits per heavy atom. The molecule has 0 N–H and O–H groups in total. The predicted molar refractivity (Wildman–Crippen MR) is 123 cm³/mol. The van der Waals surface area contributed by atoms with Crippen molar-refractivity contribution < 1.29 is 17.6 Å². The molecule has 1 atom stereocenters. The van der Waals surface area contributed by atoms with Crippen LogP contribution in [0.3, 0.4) is 0 Å². The summed E-state index contributed by atoms with van der Waals surface area (Å²) in [6.45, 7) is 8.33. The van der Waals surface area contributed by atoms with Crippen molar-refractivity contribution in [3.63, 3.8) is 0 Å². The lowest BCUT2D eigenvalue weighted by molar-refractivity contribution is 0.0795. The van der Waals surface area contributed by atoms with E-state index < -0.39 is 9.84 Å². The molecule has 2 fully saturated rings. The molecule has 1 aromatic heterocycles. The standard InChI is InChI=1S/C24H32FN3O3S/c1-18-15-23(19(2)28(18)9-7-20-3-5-21(25)6-4-20)24(29)16-26-10-12-27(13-11-26)22-8-14-32(30,31)17-22/h3-6,15,22H,7-14,16-17H2,1-2H3/t22-/m0/s1. The second kappa shape index (κ2) is 9.45. The number of hydrogen-bond acceptors (Lipinski definition) is 5. The number of nitrogens with zero attached hydrogens (tertiary/aromatic N) is 3. The van der Waals surface area contributed by atoms with Gasteiger partial charge in [0.25, 0.3) is 0 Å². The number of ketones is 1. The molecule has 0 unspecified atom stereocenters. The molecule has 0 aliphatic carbocycles. The second-order valence-corrected chi connectivity index (χ2v) is 11.3. The summed E-state index contributed by atoms with van der Waals surface area (Å²) in [6.07, 6.45) is 1.51. The van der Waals surface area contributed by atoms with Gasteiger partial charge in [0.15, 0.2) is 15.6 Å². The van der Waals surface area contributed by atoms with Gasteiger partial charge in [-0.1, -0.05) is 12.1 Å². The summed E-state index contributed by atoms with van der Waals surface area (Å²) in [6, 6.07) is 8.67. The highest BCUT2D eigenvalue weighted by Crippen LogP contribution is 2.21. The lowest BCUT2D eigenvalue weighted by atomic mass is 10.1. The summed E-state index contributed by atoms with van der Waals surface area (Å²) in [7, 11) is -2.87. The minimum atomic E-state index is -2.87. The van der Waals surface area contributed by atoms with Gasteiger partial charge in [-0.2, -0.15) is 0 Å². The summed E-state index contributed by atoms with van der Waals surface area (Å²) in [5, 5.41) is 0. The van der Waals surface area contributed by atoms with E-state index in [1.54, 1.807) is 12.1 Å². The van der Waals surface area contributed by atoms with Crippen LogP contribution in [-0.4, -0.2) is 78.8 Å². The summed E-state index contributed by atoms with van der Waals surface area (Å²) < 4.78 is 38.8. The number of carbonyl (C=O) groups excluding carboxylic acids is 1. The molecule has 3 heterocycles. The first-order chi connectivity index (χ1) is 15.2. The Morgan fingerprint density at radius 2 is 1.78 bits per heavy atom. The zero-order chi connectivity index (χ0) is 22.9. The number of piperazine rings is 1. The van der Waals surface area contributed by atoms with E-state index in [-0.39, 0.29) is 23.4 Å². The maximum Gasteiger partial charge on any atom is 0.178 e. The zero-order valence-corrected chi connectivity index (χ0v) is 19.7. The lowest BCUT2D eigenvalue weighted by Gasteiger charge is -2.37. The number of halogens is 1. The Morgan fingerprint density at radius 1 is 1.09 bits per heavy atom. The van der Waals surface area contributed by atoms with Crippen molar-refractivity contribution in [1.82, 2.24) is 14.4 Å². The largest absolute Gasteiger partial charge is 0.348 e. The first kappa shape index (κ1) is 23.1. The van der Waals surface area contributed by atoms with E-state index in [0.717, 1.165) is 68.1 Å². The molecule has 32 heavy (non-hydrogen) atoms. The highest BCUT2D eigenvalue weighted by Gasteiger charge is 2.34. The average Bonchev–Trinajstić information content (AvgIpc) is 3.26. The first-order valence-electron chi connectivity index (χ1n) is 11.3. The van der Waals surface area contributed by atoms with Gasteiger partial charge in [-0.15, -0.1) is 0 Å². The van der Waals surface area contributed by atoms with E-state index in [2.05, 4.69) is 14.4 Å². The monoisotopic (exact) mass is 461 g/mol. The Labute approximate surface area is 189 Å². The van der Waals surface area contributed by atoms with Gasteiger partial charge in [-0.25, -0.2) is 12.8 Å². The molecule has 174 valence electrons. The number of aryl methyl sites for hydroxylation is 2. The third kappa shape index (κ3) is 5.30. The van der Waals surface area contributed by atoms with Crippen LogP contribution < -0.4 is 0 Å². The van der Waals surface area contributed by atoms with Crippen LogP contribution >= 0.6 is 0 Å². The van der Waals surface area contributed by atoms with Crippen LogP contribution in [0.5, 0.6) is 0 Å². The highest BCUT2D eigenvalue weighted by molar-refractivity contribution is 7.91. The van der Waals surface area contributed by atoms with Crippen LogP contribution in [0.15, 0.2) is 30.3 Å². The van der Waals surface area contributed by atoms with Gasteiger partial charge < -0.3 is 4.57 Å². The molecule has 2 aliphatic heterocycles. The van der Waals surface area contributed by atoms with Gasteiger partial charge in [0.1, 0.15) is 5.82 Å². The van der Waals surface area contributed by atoms with Crippen LogP contribution in [0.1, 0.15) is 33.7 Å². The van der Waals surface area contributed by atoms with Crippen molar-refractivity contribution in [2.24, 2.45) is 0 Å². The fraction of sp³-hybridized carbons (Fsp3) is 0.542. The van der Waals surface area contributed by atoms with Crippen molar-refractivity contribution in [3.8, 4) is 0 Å². The van der Waals surface area contributed by atoms with Gasteiger partial charge in [-0.3, -0.25) is 14.6 Å². The van der Waals surface area contributed by atoms with Gasteiger partial charge in [-0.05, 0) is 50.5 Å². The third-order valence-corrected chi connectivity index (χ3v) is 8.66. The number of carbonyl (C=O) groups is 1. The van der Waals surface area contributed by atoms with E-state index in [1.807, 2.05) is 19.9 Å². The van der Waals surface area contributed by atoms with Crippen molar-refractivity contribution in [2.45, 2.75) is 39.3 Å². The average molecular weight is 462 g/mol. The second-order valence-electron chi connectivity index (χ2n) is 9.11. The molecule has 2 aliphatic rings. The molecular weight excluding hydrogens is 429 g/mol. The first-order valence-corrected chi connectivity index (χ1v) is 13.2. The minimum Gasteiger partial charge on any atom is -0.348 e. The number of hydrogen-bond donors (Lipinski definition) is 0. The number of sulfone groups is 1. The molecule has 0 spiro atoms. The van der Waals surface area contributed by atoms with Gasteiger partial charge in [0, 0.05) is 55.7 Å². The molecule has 0 saturated carbocycles. The van der Waals surface area contributed by atoms with Crippen LogP contribution in [0.25, 0.3) is 0 Å². The highest BCUT2D eigenvalue weighted by atomic mass is 32.2. The quantitative estimate of drug-likeness (QED) is 0.593. The van der Waals surface area contributed by atoms with Crippen molar-refractivity contribution in [1.29, 1.82) is 0 Å². The Balaban J connectivity index is 1.32. The molecule has 0 amide bonds. The molecule has 2 saturated heterocycles. The molecule has 1 aromatic carbocycles. The van der Waals surface area contributed by atoms with Gasteiger partial charge >= 0.3 is 0 Å². The SMILES string of the molecule is Cc1cc(C(=O)CN2CCN([C@H]3CCS(=O)(=O)C3)CC2)c(C)n1CCc1ccc(F)cc1. The van der Waals surface area contributed by atoms with E-state index in [0.29, 0.717) is 12.3 Å². The van der Waals surface area contributed by atoms with Crippen LogP contribution in [-0.2, 0) is 22.8 Å². The summed E-state index contributed by atoms with van der Waals surface area (Å²) in [5.74, 6) is 0.468. The fourth-order valence-corrected chi connectivity index (χ4v) is 6.72. The van der Waals surface area contributed by atoms with Crippen LogP contribution in [0.4, 0.5) is 4.39 Å². The Bertz CT molecular complexity index is 1070. The molecule has 6 nitrogen and oxygen atoms in total. The van der Waals surface area contributed by atoms with E-state index in [4.69, 9.17) is 0 Å². The Kier molecular flexibility index (Phi) is 6.83. The normalized spacial score (nSPS) is 21.8. The van der Waals surface area contributed by atoms with Gasteiger partial charge in [0.2, 0.25) is 0 Å². The molecule has 0 radical (unpaired) electrons. The lowest BCUT2D eigenvalue weighted by Crippen LogP contribution is -2.51. The molecule has 2 aromatic rings. The topological polar surface area (TPSA) is 62.6 Å². The van der Waals surface area contributed by atoms with Crippen LogP contribution in [0, 0.1) is 19.7 Å². The van der Waals surface area contributed by atoms with Crippen molar-refractivity contribution in [3.05, 3.63) is 58.7 Å². The molecule has 0 bridgehead atoms. The maximum atomic E-state index is 13.1. The van der Waals surface area contributed by atoms with Gasteiger partial charge in [0.05, 0.1) is 18.1 Å². The minimum absolute atomic E-state index is 0.128. The number of aromatic nitrogens is 1. The summed E-state index contributed by atoms with van der Waals surface area (Å²) in [4.78, 5) is 17.5. The smallest absolute Gasteiger partial charge is 0.178 e. The Hall–Kier alpha value is -2.03. The number of Topliss-reactive ketones (excluding diaryl/α,β-unsaturated/α-hetero) is 1. The van der Waals surface area contributed by atoms with E-state index in [9.17, 15) is 17.6 Å². The molecular formula is C24H32FN3O3S. The van der Waals surface area contributed by atoms with Crippen LogP contribution in [0.2, 0.25) is 0 Å². The number of benzene rings is 1. The van der Waals surface area contributed by atoms with E-state index in [1.165, 1.54) is 12.1 Å². The molecule has 4 rings (SSSR count). The predicted octanol–water partition coefficient (Wildman–Crippen LogP) is 2.47. The summed E-state index contributed by atoms with van der Waals surface area (Å²) in [5.41, 5.74) is 3.87. The summed E-state index contributed by atoms with van der Waals surface area (Å²) >= 11 is 0. The fourth-order valence-electron chi connectivity index (χ4n) is 4.96. The van der Waals surface area contributed by atoms with E-state index >= 15 is 0 Å². The molecule has 8 heteroatoms. The van der Waals surface area contributed by atoms with Crippen molar-refractivity contribution in [2.75, 3.05) is 44.2 Å². The third-order valence-electron chi connectivity index (χ3n) is 6.91. The van der Waals surface area contributed by atoms with Crippen molar-refractivity contribution >= 4 is 15.6 Å². The zero-order valence-electron chi connectivity index (χ0n) is 18.9. The number of rotatable bonds is 7. The maximum absolute atomic E-state index is 13.1.